The highest BCUT2D eigenvalue weighted by atomic mass is 16.5. The van der Waals surface area contributed by atoms with Crippen LogP contribution < -0.4 is 0 Å². The average molecular weight is 444 g/mol. The summed E-state index contributed by atoms with van der Waals surface area (Å²) in [6.45, 7) is 4.11. The van der Waals surface area contributed by atoms with Gasteiger partial charge in [0.25, 0.3) is 11.9 Å². The summed E-state index contributed by atoms with van der Waals surface area (Å²) >= 11 is 0. The van der Waals surface area contributed by atoms with E-state index < -0.39 is 0 Å². The lowest BCUT2D eigenvalue weighted by Gasteiger charge is -2.28. The van der Waals surface area contributed by atoms with E-state index in [2.05, 4.69) is 11.9 Å². The first kappa shape index (κ1) is 21.2. The van der Waals surface area contributed by atoms with Crippen LogP contribution in [0.15, 0.2) is 71.5 Å². The number of pyridine rings is 1. The Morgan fingerprint density at radius 3 is 2.76 bits per heavy atom. The number of fused-ring (bicyclic) bond motifs is 1. The van der Waals surface area contributed by atoms with Crippen molar-refractivity contribution in [2.24, 2.45) is 4.99 Å². The van der Waals surface area contributed by atoms with Gasteiger partial charge in [-0.15, -0.1) is 0 Å². The van der Waals surface area contributed by atoms with Gasteiger partial charge in [-0.05, 0) is 37.0 Å². The van der Waals surface area contributed by atoms with Crippen LogP contribution in [-0.2, 0) is 4.74 Å². The van der Waals surface area contributed by atoms with Crippen LogP contribution in [0.4, 0.5) is 0 Å². The largest absolute Gasteiger partial charge is 0.463 e. The second-order valence-corrected chi connectivity index (χ2v) is 8.63. The first-order valence-electron chi connectivity index (χ1n) is 11.6. The summed E-state index contributed by atoms with van der Waals surface area (Å²) in [5.41, 5.74) is 4.40. The Labute approximate surface area is 194 Å². The molecule has 0 unspecified atom stereocenters. The molecule has 2 aliphatic heterocycles. The Bertz CT molecular complexity index is 1210. The summed E-state index contributed by atoms with van der Waals surface area (Å²) in [7, 11) is 1.99. The van der Waals surface area contributed by atoms with E-state index in [1.807, 2.05) is 77.8 Å². The van der Waals surface area contributed by atoms with Crippen molar-refractivity contribution in [3.05, 3.63) is 72.1 Å². The third-order valence-corrected chi connectivity index (χ3v) is 6.42. The second-order valence-electron chi connectivity index (χ2n) is 8.63. The van der Waals surface area contributed by atoms with E-state index in [1.54, 1.807) is 4.52 Å². The number of benzene rings is 1. The number of carbonyl (C=O) groups is 1. The number of carbonyl (C=O) groups excluding carboxylic acids is 1. The maximum absolute atomic E-state index is 13.9. The molecule has 2 aliphatic rings. The van der Waals surface area contributed by atoms with Crippen molar-refractivity contribution in [1.82, 2.24) is 19.4 Å². The molecule has 0 saturated carbocycles. The van der Waals surface area contributed by atoms with E-state index in [-0.39, 0.29) is 11.9 Å². The lowest BCUT2D eigenvalue weighted by molar-refractivity contribution is 0.0677. The highest BCUT2D eigenvalue weighted by Crippen LogP contribution is 2.30. The minimum atomic E-state index is 0.00689. The quantitative estimate of drug-likeness (QED) is 0.592. The Morgan fingerprint density at radius 1 is 1.15 bits per heavy atom. The Hall–Kier alpha value is -3.61. The Morgan fingerprint density at radius 2 is 1.97 bits per heavy atom. The molecule has 0 spiro atoms. The molecule has 5 rings (SSSR count). The molecule has 2 aromatic heterocycles. The van der Waals surface area contributed by atoms with Crippen molar-refractivity contribution in [3.8, 4) is 11.3 Å². The van der Waals surface area contributed by atoms with Crippen LogP contribution in [0.2, 0.25) is 0 Å². The van der Waals surface area contributed by atoms with E-state index in [0.717, 1.165) is 36.9 Å². The summed E-state index contributed by atoms with van der Waals surface area (Å²) in [6, 6.07) is 16.4. The van der Waals surface area contributed by atoms with Crippen LogP contribution in [0.1, 0.15) is 36.5 Å². The molecule has 170 valence electrons. The molecular weight excluding hydrogens is 414 g/mol. The predicted molar refractivity (Wildman–Crippen MR) is 129 cm³/mol. The van der Waals surface area contributed by atoms with Crippen molar-refractivity contribution in [2.75, 3.05) is 26.7 Å². The zero-order chi connectivity index (χ0) is 22.8. The summed E-state index contributed by atoms with van der Waals surface area (Å²) < 4.78 is 7.88. The number of aromatic nitrogens is 2. The van der Waals surface area contributed by atoms with Crippen LogP contribution in [0.25, 0.3) is 16.8 Å². The van der Waals surface area contributed by atoms with Crippen LogP contribution in [0.5, 0.6) is 0 Å². The molecule has 0 N–H and O–H groups in total. The fourth-order valence-electron chi connectivity index (χ4n) is 4.61. The summed E-state index contributed by atoms with van der Waals surface area (Å²) in [5, 5.41) is 4.75. The van der Waals surface area contributed by atoms with Gasteiger partial charge >= 0.3 is 0 Å². The number of aliphatic imine (C=N–C) groups is 1. The van der Waals surface area contributed by atoms with Crippen molar-refractivity contribution >= 4 is 17.4 Å². The van der Waals surface area contributed by atoms with Crippen LogP contribution in [0.3, 0.4) is 0 Å². The van der Waals surface area contributed by atoms with E-state index in [1.165, 1.54) is 5.57 Å². The molecule has 1 fully saturated rings. The van der Waals surface area contributed by atoms with Gasteiger partial charge in [-0.3, -0.25) is 4.79 Å². The zero-order valence-electron chi connectivity index (χ0n) is 19.1. The van der Waals surface area contributed by atoms with E-state index in [0.29, 0.717) is 30.4 Å². The summed E-state index contributed by atoms with van der Waals surface area (Å²) in [5.74, 6) is 0.00764. The van der Waals surface area contributed by atoms with E-state index in [9.17, 15) is 4.79 Å². The van der Waals surface area contributed by atoms with Crippen molar-refractivity contribution in [2.45, 2.75) is 32.2 Å². The third kappa shape index (κ3) is 4.11. The van der Waals surface area contributed by atoms with Crippen molar-refractivity contribution < 1.29 is 9.53 Å². The minimum Gasteiger partial charge on any atom is -0.463 e. The molecule has 7 nitrogen and oxygen atoms in total. The fraction of sp³-hybridized carbons (Fsp3) is 0.346. The number of likely N-dealkylation sites (N-methyl/N-ethyl adjacent to an activating group) is 1. The molecule has 1 atom stereocenters. The molecule has 0 bridgehead atoms. The van der Waals surface area contributed by atoms with Crippen molar-refractivity contribution in [1.29, 1.82) is 0 Å². The number of ether oxygens (including phenoxy) is 1. The fourth-order valence-corrected chi connectivity index (χ4v) is 4.61. The number of rotatable bonds is 5. The lowest BCUT2D eigenvalue weighted by Crippen LogP contribution is -2.41. The molecule has 1 saturated heterocycles. The summed E-state index contributed by atoms with van der Waals surface area (Å²) in [6.07, 6.45) is 6.65. The van der Waals surface area contributed by atoms with Crippen LogP contribution in [-0.4, -0.2) is 64.1 Å². The molecule has 0 aliphatic carbocycles. The Kier molecular flexibility index (Phi) is 5.86. The number of hydrogen-bond donors (Lipinski definition) is 0. The highest BCUT2D eigenvalue weighted by Gasteiger charge is 2.34. The number of hydrogen-bond acceptors (Lipinski definition) is 5. The van der Waals surface area contributed by atoms with Gasteiger partial charge in [-0.1, -0.05) is 43.3 Å². The molecule has 0 radical (unpaired) electrons. The standard InChI is InChI=1S/C26H29N5O2/c1-3-19-16-27-26(29(2)17-19)33-18-21-12-9-14-30(21)25(32)23-22-13-7-8-15-31(22)28-24(23)20-10-5-4-6-11-20/h4-8,10-11,13,15-16,21H,3,9,12,14,17-18H2,1-2H3/t21-/m0/s1. The number of amides is 1. The average Bonchev–Trinajstić information content (AvgIpc) is 3.48. The SMILES string of the molecule is CCC1=CN=C(OC[C@@H]2CCCN2C(=O)c2c(-c3ccccc3)nn3ccccc23)N(C)C1. The highest BCUT2D eigenvalue weighted by molar-refractivity contribution is 6.06. The zero-order valence-corrected chi connectivity index (χ0v) is 19.1. The van der Waals surface area contributed by atoms with Crippen LogP contribution >= 0.6 is 0 Å². The Balaban J connectivity index is 1.41. The first-order chi connectivity index (χ1) is 16.2. The third-order valence-electron chi connectivity index (χ3n) is 6.42. The molecular formula is C26H29N5O2. The normalized spacial score (nSPS) is 18.4. The molecule has 3 aromatic rings. The van der Waals surface area contributed by atoms with Gasteiger partial charge in [-0.2, -0.15) is 5.10 Å². The van der Waals surface area contributed by atoms with Gasteiger partial charge in [0.2, 0.25) is 0 Å². The van der Waals surface area contributed by atoms with E-state index >= 15 is 0 Å². The minimum absolute atomic E-state index is 0.00689. The topological polar surface area (TPSA) is 62.4 Å². The molecule has 4 heterocycles. The maximum Gasteiger partial charge on any atom is 0.292 e. The number of likely N-dealkylation sites (tertiary alicyclic amines) is 1. The van der Waals surface area contributed by atoms with Gasteiger partial charge in [0.1, 0.15) is 12.3 Å². The van der Waals surface area contributed by atoms with Crippen LogP contribution in [0, 0.1) is 0 Å². The number of nitrogens with zero attached hydrogens (tertiary/aromatic N) is 5. The summed E-state index contributed by atoms with van der Waals surface area (Å²) in [4.78, 5) is 22.3. The molecule has 1 amide bonds. The number of amidine groups is 1. The van der Waals surface area contributed by atoms with Gasteiger partial charge < -0.3 is 14.5 Å². The first-order valence-corrected chi connectivity index (χ1v) is 11.6. The maximum atomic E-state index is 13.9. The lowest BCUT2D eigenvalue weighted by atomic mass is 10.1. The van der Waals surface area contributed by atoms with Gasteiger partial charge in [0.15, 0.2) is 0 Å². The predicted octanol–water partition coefficient (Wildman–Crippen LogP) is 4.22. The molecule has 33 heavy (non-hydrogen) atoms. The van der Waals surface area contributed by atoms with Crippen molar-refractivity contribution in [3.63, 3.8) is 0 Å². The smallest absolute Gasteiger partial charge is 0.292 e. The second kappa shape index (κ2) is 9.10. The molecule has 1 aromatic carbocycles. The molecule has 7 heteroatoms. The van der Waals surface area contributed by atoms with Gasteiger partial charge in [-0.25, -0.2) is 9.51 Å². The van der Waals surface area contributed by atoms with Gasteiger partial charge in [0, 0.05) is 38.1 Å². The van der Waals surface area contributed by atoms with E-state index in [4.69, 9.17) is 9.84 Å². The van der Waals surface area contributed by atoms with Gasteiger partial charge in [0.05, 0.1) is 17.1 Å². The monoisotopic (exact) mass is 443 g/mol.